The Morgan fingerprint density at radius 1 is 1.58 bits per heavy atom. The molecule has 1 saturated heterocycles. The maximum atomic E-state index is 12.0. The van der Waals surface area contributed by atoms with Crippen molar-refractivity contribution in [3.8, 4) is 0 Å². The Hall–Kier alpha value is -0.620. The first-order chi connectivity index (χ1) is 9.04. The van der Waals surface area contributed by atoms with E-state index in [0.717, 1.165) is 35.1 Å². The van der Waals surface area contributed by atoms with Crippen molar-refractivity contribution in [2.24, 2.45) is 5.73 Å². The van der Waals surface area contributed by atoms with E-state index in [1.165, 1.54) is 11.3 Å². The summed E-state index contributed by atoms with van der Waals surface area (Å²) in [5.41, 5.74) is 5.85. The van der Waals surface area contributed by atoms with Crippen LogP contribution in [0.2, 0.25) is 4.34 Å². The first kappa shape index (κ1) is 14.8. The van der Waals surface area contributed by atoms with E-state index in [9.17, 15) is 4.79 Å². The summed E-state index contributed by atoms with van der Waals surface area (Å²) in [6.07, 6.45) is 1.95. The topological polar surface area (TPSA) is 58.4 Å². The zero-order valence-electron chi connectivity index (χ0n) is 11.1. The molecule has 0 aromatic carbocycles. The van der Waals surface area contributed by atoms with Crippen LogP contribution in [0.3, 0.4) is 0 Å². The van der Waals surface area contributed by atoms with E-state index in [2.05, 4.69) is 10.2 Å². The molecule has 1 atom stereocenters. The number of piperidine rings is 1. The van der Waals surface area contributed by atoms with Crippen LogP contribution in [0.25, 0.3) is 0 Å². The third-order valence-corrected chi connectivity index (χ3v) is 4.81. The van der Waals surface area contributed by atoms with Gasteiger partial charge in [0.25, 0.3) is 0 Å². The molecule has 0 bridgehead atoms. The highest BCUT2D eigenvalue weighted by Crippen LogP contribution is 2.26. The minimum absolute atomic E-state index is 0.0112. The molecule has 6 heteroatoms. The third kappa shape index (κ3) is 4.45. The predicted octanol–water partition coefficient (Wildman–Crippen LogP) is 2.00. The second-order valence-electron chi connectivity index (χ2n) is 5.04. The van der Waals surface area contributed by atoms with Gasteiger partial charge in [-0.25, -0.2) is 0 Å². The molecule has 1 amide bonds. The molecule has 4 nitrogen and oxygen atoms in total. The summed E-state index contributed by atoms with van der Waals surface area (Å²) >= 11 is 7.40. The smallest absolute Gasteiger partial charge is 0.234 e. The van der Waals surface area contributed by atoms with Gasteiger partial charge in [0.1, 0.15) is 0 Å². The molecule has 2 heterocycles. The summed E-state index contributed by atoms with van der Waals surface area (Å²) in [5, 5.41) is 3.01. The van der Waals surface area contributed by atoms with E-state index in [1.807, 2.05) is 19.1 Å². The highest BCUT2D eigenvalue weighted by molar-refractivity contribution is 7.16. The minimum atomic E-state index is 0.0112. The fraction of sp³-hybridized carbons (Fsp3) is 0.615. The van der Waals surface area contributed by atoms with Gasteiger partial charge in [-0.1, -0.05) is 11.6 Å². The van der Waals surface area contributed by atoms with Crippen molar-refractivity contribution < 1.29 is 4.79 Å². The first-order valence-corrected chi connectivity index (χ1v) is 7.76. The van der Waals surface area contributed by atoms with Gasteiger partial charge in [-0.3, -0.25) is 9.69 Å². The standard InChI is InChI=1S/C13H20ClN3OS/c1-9(11-2-3-12(14)19-11)16-13(18)8-17-6-4-10(15)5-7-17/h2-3,9-10H,4-8,15H2,1H3,(H,16,18). The van der Waals surface area contributed by atoms with Crippen LogP contribution in [0.15, 0.2) is 12.1 Å². The number of rotatable bonds is 4. The molecule has 1 fully saturated rings. The molecule has 1 aliphatic rings. The Bertz CT molecular complexity index is 429. The van der Waals surface area contributed by atoms with E-state index in [4.69, 9.17) is 17.3 Å². The number of halogens is 1. The van der Waals surface area contributed by atoms with Crippen LogP contribution in [0.5, 0.6) is 0 Å². The van der Waals surface area contributed by atoms with E-state index in [0.29, 0.717) is 12.6 Å². The molecule has 1 unspecified atom stereocenters. The van der Waals surface area contributed by atoms with Crippen LogP contribution in [-0.4, -0.2) is 36.5 Å². The Kier molecular flexibility index (Phi) is 5.21. The highest BCUT2D eigenvalue weighted by Gasteiger charge is 2.19. The lowest BCUT2D eigenvalue weighted by Crippen LogP contribution is -2.44. The highest BCUT2D eigenvalue weighted by atomic mass is 35.5. The normalized spacial score (nSPS) is 19.3. The van der Waals surface area contributed by atoms with Crippen LogP contribution in [0, 0.1) is 0 Å². The number of hydrogen-bond donors (Lipinski definition) is 2. The third-order valence-electron chi connectivity index (χ3n) is 3.40. The molecule has 1 aliphatic heterocycles. The van der Waals surface area contributed by atoms with Gasteiger partial charge in [-0.15, -0.1) is 11.3 Å². The Morgan fingerprint density at radius 2 is 2.26 bits per heavy atom. The summed E-state index contributed by atoms with van der Waals surface area (Å²) in [6, 6.07) is 4.12. The molecular formula is C13H20ClN3OS. The number of nitrogens with two attached hydrogens (primary N) is 1. The molecule has 0 saturated carbocycles. The summed E-state index contributed by atoms with van der Waals surface area (Å²) in [5.74, 6) is 0.0625. The van der Waals surface area contributed by atoms with Crippen molar-refractivity contribution in [3.63, 3.8) is 0 Å². The average Bonchev–Trinajstić information content (AvgIpc) is 2.79. The number of nitrogens with zero attached hydrogens (tertiary/aromatic N) is 1. The van der Waals surface area contributed by atoms with Gasteiger partial charge in [0.15, 0.2) is 0 Å². The van der Waals surface area contributed by atoms with Crippen molar-refractivity contribution in [3.05, 3.63) is 21.3 Å². The monoisotopic (exact) mass is 301 g/mol. The van der Waals surface area contributed by atoms with Crippen molar-refractivity contribution in [1.29, 1.82) is 0 Å². The molecule has 1 aromatic heterocycles. The molecule has 0 aliphatic carbocycles. The molecular weight excluding hydrogens is 282 g/mol. The summed E-state index contributed by atoms with van der Waals surface area (Å²) in [7, 11) is 0. The second kappa shape index (κ2) is 6.70. The maximum absolute atomic E-state index is 12.0. The number of thiophene rings is 1. The number of likely N-dealkylation sites (tertiary alicyclic amines) is 1. The zero-order chi connectivity index (χ0) is 13.8. The van der Waals surface area contributed by atoms with Gasteiger partial charge in [-0.2, -0.15) is 0 Å². The van der Waals surface area contributed by atoms with Crippen LogP contribution >= 0.6 is 22.9 Å². The fourth-order valence-corrected chi connectivity index (χ4v) is 3.30. The Balaban J connectivity index is 1.78. The molecule has 3 N–H and O–H groups in total. The lowest BCUT2D eigenvalue weighted by atomic mass is 10.1. The number of amides is 1. The SMILES string of the molecule is CC(NC(=O)CN1CCC(N)CC1)c1ccc(Cl)s1. The quantitative estimate of drug-likeness (QED) is 0.894. The fourth-order valence-electron chi connectivity index (χ4n) is 2.23. The number of nitrogens with one attached hydrogen (secondary N) is 1. The summed E-state index contributed by atoms with van der Waals surface area (Å²) < 4.78 is 0.751. The summed E-state index contributed by atoms with van der Waals surface area (Å²) in [6.45, 7) is 4.25. The molecule has 2 rings (SSSR count). The molecule has 0 radical (unpaired) electrons. The first-order valence-electron chi connectivity index (χ1n) is 6.57. The van der Waals surface area contributed by atoms with Crippen LogP contribution in [0.4, 0.5) is 0 Å². The minimum Gasteiger partial charge on any atom is -0.348 e. The summed E-state index contributed by atoms with van der Waals surface area (Å²) in [4.78, 5) is 15.2. The van der Waals surface area contributed by atoms with E-state index >= 15 is 0 Å². The number of carbonyl (C=O) groups excluding carboxylic acids is 1. The maximum Gasteiger partial charge on any atom is 0.234 e. The van der Waals surface area contributed by atoms with Crippen LogP contribution in [0.1, 0.15) is 30.7 Å². The van der Waals surface area contributed by atoms with Gasteiger partial charge < -0.3 is 11.1 Å². The Labute approximate surface area is 122 Å². The Morgan fingerprint density at radius 3 is 2.84 bits per heavy atom. The van der Waals surface area contributed by atoms with Crippen molar-refractivity contribution in [2.45, 2.75) is 31.8 Å². The second-order valence-corrected chi connectivity index (χ2v) is 6.79. The largest absolute Gasteiger partial charge is 0.348 e. The number of carbonyl (C=O) groups is 1. The molecule has 106 valence electrons. The van der Waals surface area contributed by atoms with Crippen molar-refractivity contribution in [1.82, 2.24) is 10.2 Å². The van der Waals surface area contributed by atoms with E-state index in [1.54, 1.807) is 0 Å². The predicted molar refractivity (Wildman–Crippen MR) is 79.5 cm³/mol. The van der Waals surface area contributed by atoms with Crippen LogP contribution < -0.4 is 11.1 Å². The van der Waals surface area contributed by atoms with E-state index in [-0.39, 0.29) is 11.9 Å². The van der Waals surface area contributed by atoms with Crippen LogP contribution in [-0.2, 0) is 4.79 Å². The lowest BCUT2D eigenvalue weighted by molar-refractivity contribution is -0.123. The van der Waals surface area contributed by atoms with Gasteiger partial charge in [0.05, 0.1) is 16.9 Å². The van der Waals surface area contributed by atoms with Gasteiger partial charge in [0.2, 0.25) is 5.91 Å². The van der Waals surface area contributed by atoms with E-state index < -0.39 is 0 Å². The van der Waals surface area contributed by atoms with Crippen molar-refractivity contribution in [2.75, 3.05) is 19.6 Å². The van der Waals surface area contributed by atoms with Crippen molar-refractivity contribution >= 4 is 28.8 Å². The average molecular weight is 302 g/mol. The molecule has 0 spiro atoms. The molecule has 1 aromatic rings. The lowest BCUT2D eigenvalue weighted by Gasteiger charge is -2.29. The zero-order valence-corrected chi connectivity index (χ0v) is 12.6. The number of hydrogen-bond acceptors (Lipinski definition) is 4. The van der Waals surface area contributed by atoms with Gasteiger partial charge in [0, 0.05) is 24.0 Å². The van der Waals surface area contributed by atoms with Gasteiger partial charge in [-0.05, 0) is 31.9 Å². The van der Waals surface area contributed by atoms with Gasteiger partial charge >= 0.3 is 0 Å². The molecule has 19 heavy (non-hydrogen) atoms.